The van der Waals surface area contributed by atoms with E-state index in [2.05, 4.69) is 46.7 Å². The highest BCUT2D eigenvalue weighted by Crippen LogP contribution is 2.24. The van der Waals surface area contributed by atoms with Crippen molar-refractivity contribution in [2.24, 2.45) is 0 Å². The third-order valence-corrected chi connectivity index (χ3v) is 3.17. The van der Waals surface area contributed by atoms with Crippen molar-refractivity contribution in [1.82, 2.24) is 5.16 Å². The van der Waals surface area contributed by atoms with Crippen molar-refractivity contribution in [3.63, 3.8) is 0 Å². The highest BCUT2D eigenvalue weighted by molar-refractivity contribution is 5.93. The summed E-state index contributed by atoms with van der Waals surface area (Å²) in [6.45, 7) is 14.2. The lowest BCUT2D eigenvalue weighted by molar-refractivity contribution is -0.140. The van der Waals surface area contributed by atoms with Crippen molar-refractivity contribution >= 4 is 12.3 Å². The maximum atomic E-state index is 10.9. The van der Waals surface area contributed by atoms with Crippen molar-refractivity contribution in [3.8, 4) is 11.3 Å². The third kappa shape index (κ3) is 8.17. The van der Waals surface area contributed by atoms with Gasteiger partial charge in [0.15, 0.2) is 5.76 Å². The summed E-state index contributed by atoms with van der Waals surface area (Å²) in [5.74, 6) is -1.78. The smallest absolute Gasteiger partial charge is 0.318 e. The molecule has 1 heterocycles. The number of aryl methyl sites for hydroxylation is 1. The van der Waals surface area contributed by atoms with Gasteiger partial charge >= 0.3 is 5.97 Å². The quantitative estimate of drug-likeness (QED) is 0.619. The molecule has 0 spiro atoms. The zero-order chi connectivity index (χ0) is 20.8. The van der Waals surface area contributed by atoms with E-state index in [9.17, 15) is 9.59 Å². The molecule has 148 valence electrons. The molecule has 1 atom stereocenters. The first-order chi connectivity index (χ1) is 12.3. The van der Waals surface area contributed by atoms with E-state index in [0.29, 0.717) is 23.2 Å². The average molecular weight is 375 g/mol. The van der Waals surface area contributed by atoms with Gasteiger partial charge in [0.2, 0.25) is 0 Å². The van der Waals surface area contributed by atoms with Crippen LogP contribution in [0.15, 0.2) is 34.9 Å². The molecule has 0 bridgehead atoms. The number of hydrogen-bond donors (Lipinski definition) is 1. The molecule has 1 aromatic carbocycles. The SMILES string of the molecule is CC(C)(C)OC(C)(C)C.Cc1cc(-c2cccc(C(C=O)C(=O)O)c2)on1. The minimum Gasteiger partial charge on any atom is -0.480 e. The fourth-order valence-corrected chi connectivity index (χ4v) is 2.58. The molecule has 0 aliphatic heterocycles. The molecule has 0 fully saturated rings. The first kappa shape index (κ1) is 22.6. The molecule has 0 amide bonds. The molecule has 1 unspecified atom stereocenters. The number of aldehydes is 1. The molecule has 0 radical (unpaired) electrons. The number of carboxylic acids is 1. The first-order valence-electron chi connectivity index (χ1n) is 8.74. The molecule has 1 aromatic heterocycles. The van der Waals surface area contributed by atoms with Gasteiger partial charge in [0.05, 0.1) is 16.9 Å². The third-order valence-electron chi connectivity index (χ3n) is 3.17. The van der Waals surface area contributed by atoms with E-state index in [1.54, 1.807) is 37.3 Å². The van der Waals surface area contributed by atoms with Gasteiger partial charge in [-0.2, -0.15) is 0 Å². The second kappa shape index (κ2) is 8.95. The van der Waals surface area contributed by atoms with Crippen LogP contribution >= 0.6 is 0 Å². The number of aromatic nitrogens is 1. The number of nitrogens with zero attached hydrogens (tertiary/aromatic N) is 1. The Morgan fingerprint density at radius 3 is 2.11 bits per heavy atom. The number of carboxylic acid groups (broad SMARTS) is 1. The molecule has 2 rings (SSSR count). The number of carbonyl (C=O) groups is 2. The molecule has 1 N–H and O–H groups in total. The first-order valence-corrected chi connectivity index (χ1v) is 8.74. The molecular formula is C21H29NO5. The van der Waals surface area contributed by atoms with Gasteiger partial charge in [-0.1, -0.05) is 23.4 Å². The Morgan fingerprint density at radius 2 is 1.74 bits per heavy atom. The van der Waals surface area contributed by atoms with Crippen LogP contribution < -0.4 is 0 Å². The van der Waals surface area contributed by atoms with E-state index < -0.39 is 11.9 Å². The fraction of sp³-hybridized carbons (Fsp3) is 0.476. The van der Waals surface area contributed by atoms with Crippen LogP contribution in [0.2, 0.25) is 0 Å². The number of hydrogen-bond acceptors (Lipinski definition) is 5. The summed E-state index contributed by atoms with van der Waals surface area (Å²) in [7, 11) is 0. The van der Waals surface area contributed by atoms with Gasteiger partial charge in [0.25, 0.3) is 0 Å². The maximum Gasteiger partial charge on any atom is 0.318 e. The summed E-state index contributed by atoms with van der Waals surface area (Å²) < 4.78 is 10.7. The summed E-state index contributed by atoms with van der Waals surface area (Å²) in [6.07, 6.45) is 0.410. The van der Waals surface area contributed by atoms with Crippen molar-refractivity contribution in [2.75, 3.05) is 0 Å². The Kier molecular flexibility index (Phi) is 7.48. The van der Waals surface area contributed by atoms with Crippen LogP contribution in [0.4, 0.5) is 0 Å². The van der Waals surface area contributed by atoms with Crippen molar-refractivity contribution in [3.05, 3.63) is 41.6 Å². The summed E-state index contributed by atoms with van der Waals surface area (Å²) >= 11 is 0. The Bertz CT molecular complexity index is 753. The number of rotatable bonds is 4. The van der Waals surface area contributed by atoms with Crippen LogP contribution in [0.3, 0.4) is 0 Å². The Hall–Kier alpha value is -2.47. The summed E-state index contributed by atoms with van der Waals surface area (Å²) in [6, 6.07) is 8.41. The van der Waals surface area contributed by atoms with Crippen LogP contribution in [0, 0.1) is 6.92 Å². The molecule has 27 heavy (non-hydrogen) atoms. The highest BCUT2D eigenvalue weighted by atomic mass is 16.5. The van der Waals surface area contributed by atoms with E-state index in [1.807, 2.05) is 0 Å². The van der Waals surface area contributed by atoms with Crippen LogP contribution in [-0.2, 0) is 14.3 Å². The number of aliphatic carboxylic acids is 1. The van der Waals surface area contributed by atoms with E-state index >= 15 is 0 Å². The van der Waals surface area contributed by atoms with Gasteiger partial charge in [-0.05, 0) is 60.1 Å². The van der Waals surface area contributed by atoms with Crippen molar-refractivity contribution in [1.29, 1.82) is 0 Å². The number of carbonyl (C=O) groups excluding carboxylic acids is 1. The highest BCUT2D eigenvalue weighted by Gasteiger charge is 2.20. The fourth-order valence-electron chi connectivity index (χ4n) is 2.58. The van der Waals surface area contributed by atoms with Crippen molar-refractivity contribution < 1.29 is 24.0 Å². The van der Waals surface area contributed by atoms with Gasteiger partial charge < -0.3 is 19.2 Å². The second-order valence-electron chi connectivity index (χ2n) is 8.24. The summed E-state index contributed by atoms with van der Waals surface area (Å²) in [5.41, 5.74) is 1.82. The lowest BCUT2D eigenvalue weighted by Gasteiger charge is -2.30. The normalized spacial score (nSPS) is 12.7. The molecule has 0 saturated heterocycles. The lowest BCUT2D eigenvalue weighted by atomic mass is 9.98. The largest absolute Gasteiger partial charge is 0.480 e. The van der Waals surface area contributed by atoms with E-state index in [4.69, 9.17) is 14.4 Å². The Labute approximate surface area is 160 Å². The predicted octanol–water partition coefficient (Wildman–Crippen LogP) is 4.62. The molecule has 6 nitrogen and oxygen atoms in total. The zero-order valence-electron chi connectivity index (χ0n) is 17.1. The van der Waals surface area contributed by atoms with Gasteiger partial charge in [-0.25, -0.2) is 0 Å². The Balaban J connectivity index is 0.000000345. The minimum atomic E-state index is -1.17. The van der Waals surface area contributed by atoms with E-state index in [0.717, 1.165) is 5.69 Å². The van der Waals surface area contributed by atoms with Crippen LogP contribution in [-0.4, -0.2) is 33.7 Å². The lowest BCUT2D eigenvalue weighted by Crippen LogP contribution is -2.31. The molecular weight excluding hydrogens is 346 g/mol. The standard InChI is InChI=1S/C13H11NO4.C8H18O/c1-8-5-12(18-14-8)10-4-2-3-9(6-10)11(7-15)13(16)17;1-7(2,3)9-8(4,5)6/h2-7,11H,1H3,(H,16,17);1-6H3. The zero-order valence-corrected chi connectivity index (χ0v) is 17.1. The van der Waals surface area contributed by atoms with Crippen LogP contribution in [0.1, 0.15) is 58.7 Å². The van der Waals surface area contributed by atoms with Crippen LogP contribution in [0.5, 0.6) is 0 Å². The van der Waals surface area contributed by atoms with Crippen molar-refractivity contribution in [2.45, 2.75) is 65.6 Å². The van der Waals surface area contributed by atoms with E-state index in [-0.39, 0.29) is 11.2 Å². The van der Waals surface area contributed by atoms with Gasteiger partial charge in [-0.3, -0.25) is 4.79 Å². The maximum absolute atomic E-state index is 10.9. The second-order valence-corrected chi connectivity index (χ2v) is 8.24. The topological polar surface area (TPSA) is 89.6 Å². The van der Waals surface area contributed by atoms with Gasteiger partial charge in [0, 0.05) is 11.6 Å². The van der Waals surface area contributed by atoms with E-state index in [1.165, 1.54) is 0 Å². The van der Waals surface area contributed by atoms with Gasteiger partial charge in [0.1, 0.15) is 12.2 Å². The van der Waals surface area contributed by atoms with Gasteiger partial charge in [-0.15, -0.1) is 0 Å². The molecule has 0 saturated carbocycles. The van der Waals surface area contributed by atoms with Crippen LogP contribution in [0.25, 0.3) is 11.3 Å². The number of ether oxygens (including phenoxy) is 1. The average Bonchev–Trinajstić information content (AvgIpc) is 2.91. The monoisotopic (exact) mass is 375 g/mol. The minimum absolute atomic E-state index is 0.0156. The summed E-state index contributed by atoms with van der Waals surface area (Å²) in [4.78, 5) is 21.7. The molecule has 0 aliphatic carbocycles. The predicted molar refractivity (Wildman–Crippen MR) is 104 cm³/mol. The molecule has 2 aromatic rings. The Morgan fingerprint density at radius 1 is 1.15 bits per heavy atom. The molecule has 6 heteroatoms. The number of benzene rings is 1. The molecule has 0 aliphatic rings. The summed E-state index contributed by atoms with van der Waals surface area (Å²) in [5, 5.41) is 12.7.